The van der Waals surface area contributed by atoms with E-state index in [9.17, 15) is 4.79 Å². The zero-order valence-electron chi connectivity index (χ0n) is 11.9. The number of anilines is 1. The predicted molar refractivity (Wildman–Crippen MR) is 82.7 cm³/mol. The first-order valence-electron chi connectivity index (χ1n) is 6.70. The molecule has 1 amide bonds. The minimum atomic E-state index is -0.108. The molecule has 0 aromatic heterocycles. The van der Waals surface area contributed by atoms with Crippen LogP contribution in [-0.2, 0) is 11.4 Å². The SMILES string of the molecule is CC(=O)Nc1ccc(OCc2cc(Cl)c3c(c2)OCO3)cc1. The Morgan fingerprint density at radius 1 is 1.27 bits per heavy atom. The van der Waals surface area contributed by atoms with E-state index in [2.05, 4.69) is 5.32 Å². The molecule has 1 N–H and O–H groups in total. The molecule has 0 bridgehead atoms. The van der Waals surface area contributed by atoms with Crippen LogP contribution >= 0.6 is 11.6 Å². The smallest absolute Gasteiger partial charge is 0.231 e. The first kappa shape index (κ1) is 14.5. The third-order valence-corrected chi connectivity index (χ3v) is 3.35. The van der Waals surface area contributed by atoms with Gasteiger partial charge >= 0.3 is 0 Å². The summed E-state index contributed by atoms with van der Waals surface area (Å²) < 4.78 is 16.3. The van der Waals surface area contributed by atoms with Gasteiger partial charge in [-0.05, 0) is 42.0 Å². The zero-order chi connectivity index (χ0) is 15.5. The van der Waals surface area contributed by atoms with E-state index >= 15 is 0 Å². The molecule has 0 saturated heterocycles. The zero-order valence-corrected chi connectivity index (χ0v) is 12.6. The number of fused-ring (bicyclic) bond motifs is 1. The van der Waals surface area contributed by atoms with Gasteiger partial charge in [0.05, 0.1) is 5.02 Å². The van der Waals surface area contributed by atoms with E-state index in [-0.39, 0.29) is 12.7 Å². The molecule has 2 aromatic rings. The highest BCUT2D eigenvalue weighted by Crippen LogP contribution is 2.39. The Morgan fingerprint density at radius 2 is 2.05 bits per heavy atom. The fourth-order valence-corrected chi connectivity index (χ4v) is 2.40. The average Bonchev–Trinajstić information content (AvgIpc) is 2.95. The van der Waals surface area contributed by atoms with Crippen molar-refractivity contribution in [3.8, 4) is 17.2 Å². The first-order chi connectivity index (χ1) is 10.6. The number of amides is 1. The summed E-state index contributed by atoms with van der Waals surface area (Å²) in [7, 11) is 0. The summed E-state index contributed by atoms with van der Waals surface area (Å²) in [5.41, 5.74) is 1.62. The van der Waals surface area contributed by atoms with Crippen LogP contribution < -0.4 is 19.5 Å². The second-order valence-electron chi connectivity index (χ2n) is 4.81. The Balaban J connectivity index is 1.65. The summed E-state index contributed by atoms with van der Waals surface area (Å²) in [6.45, 7) is 2.01. The summed E-state index contributed by atoms with van der Waals surface area (Å²) in [5, 5.41) is 3.21. The van der Waals surface area contributed by atoms with Crippen LogP contribution in [0.1, 0.15) is 12.5 Å². The van der Waals surface area contributed by atoms with Crippen molar-refractivity contribution in [1.29, 1.82) is 0 Å². The molecule has 0 radical (unpaired) electrons. The maximum absolute atomic E-state index is 11.0. The lowest BCUT2D eigenvalue weighted by Crippen LogP contribution is -2.05. The lowest BCUT2D eigenvalue weighted by atomic mass is 10.2. The van der Waals surface area contributed by atoms with Crippen molar-refractivity contribution < 1.29 is 19.0 Å². The van der Waals surface area contributed by atoms with Crippen molar-refractivity contribution >= 4 is 23.2 Å². The highest BCUT2D eigenvalue weighted by Gasteiger charge is 2.18. The number of carbonyl (C=O) groups excluding carboxylic acids is 1. The van der Waals surface area contributed by atoms with Crippen molar-refractivity contribution in [2.75, 3.05) is 12.1 Å². The molecular weight excluding hydrogens is 306 g/mol. The highest BCUT2D eigenvalue weighted by atomic mass is 35.5. The molecule has 0 unspecified atom stereocenters. The van der Waals surface area contributed by atoms with Gasteiger partial charge in [0.15, 0.2) is 11.5 Å². The normalized spacial score (nSPS) is 12.1. The van der Waals surface area contributed by atoms with Gasteiger partial charge in [-0.3, -0.25) is 4.79 Å². The maximum atomic E-state index is 11.0. The van der Waals surface area contributed by atoms with Crippen molar-refractivity contribution in [3.63, 3.8) is 0 Å². The number of rotatable bonds is 4. The molecule has 5 nitrogen and oxygen atoms in total. The molecule has 6 heteroatoms. The molecule has 0 atom stereocenters. The Bertz CT molecular complexity index is 700. The Kier molecular flexibility index (Phi) is 4.06. The van der Waals surface area contributed by atoms with Gasteiger partial charge in [-0.25, -0.2) is 0 Å². The topological polar surface area (TPSA) is 56.8 Å². The van der Waals surface area contributed by atoms with Crippen molar-refractivity contribution in [2.24, 2.45) is 0 Å². The lowest BCUT2D eigenvalue weighted by Gasteiger charge is -2.09. The molecule has 1 aliphatic heterocycles. The maximum Gasteiger partial charge on any atom is 0.231 e. The van der Waals surface area contributed by atoms with Crippen LogP contribution in [0.2, 0.25) is 5.02 Å². The fourth-order valence-electron chi connectivity index (χ4n) is 2.11. The third-order valence-electron chi connectivity index (χ3n) is 3.07. The number of hydrogen-bond donors (Lipinski definition) is 1. The second kappa shape index (κ2) is 6.15. The van der Waals surface area contributed by atoms with Crippen molar-refractivity contribution in [3.05, 3.63) is 47.0 Å². The van der Waals surface area contributed by atoms with Crippen LogP contribution in [0.25, 0.3) is 0 Å². The van der Waals surface area contributed by atoms with Crippen LogP contribution in [-0.4, -0.2) is 12.7 Å². The van der Waals surface area contributed by atoms with Crippen LogP contribution in [0, 0.1) is 0 Å². The van der Waals surface area contributed by atoms with Crippen LogP contribution in [0.4, 0.5) is 5.69 Å². The van der Waals surface area contributed by atoms with Crippen molar-refractivity contribution in [1.82, 2.24) is 0 Å². The van der Waals surface area contributed by atoms with Crippen LogP contribution in [0.5, 0.6) is 17.2 Å². The molecule has 0 spiro atoms. The van der Waals surface area contributed by atoms with E-state index in [1.807, 2.05) is 6.07 Å². The molecule has 0 saturated carbocycles. The quantitative estimate of drug-likeness (QED) is 0.935. The van der Waals surface area contributed by atoms with E-state index in [0.717, 1.165) is 11.3 Å². The predicted octanol–water partition coefficient (Wildman–Crippen LogP) is 3.61. The number of ether oxygens (including phenoxy) is 3. The number of benzene rings is 2. The molecular formula is C16H14ClNO4. The van der Waals surface area contributed by atoms with Gasteiger partial charge in [-0.15, -0.1) is 0 Å². The van der Waals surface area contributed by atoms with E-state index in [4.69, 9.17) is 25.8 Å². The van der Waals surface area contributed by atoms with E-state index in [0.29, 0.717) is 28.9 Å². The summed E-state index contributed by atoms with van der Waals surface area (Å²) >= 11 is 6.13. The molecule has 3 rings (SSSR count). The Morgan fingerprint density at radius 3 is 2.77 bits per heavy atom. The summed E-state index contributed by atoms with van der Waals surface area (Å²) in [6, 6.07) is 10.8. The number of carbonyl (C=O) groups is 1. The van der Waals surface area contributed by atoms with Crippen LogP contribution in [0.3, 0.4) is 0 Å². The van der Waals surface area contributed by atoms with Gasteiger partial charge in [-0.2, -0.15) is 0 Å². The second-order valence-corrected chi connectivity index (χ2v) is 5.21. The fraction of sp³-hybridized carbons (Fsp3) is 0.188. The Hall–Kier alpha value is -2.40. The molecule has 2 aromatic carbocycles. The standard InChI is InChI=1S/C16H14ClNO4/c1-10(19)18-12-2-4-13(5-3-12)20-8-11-6-14(17)16-15(7-11)21-9-22-16/h2-7H,8-9H2,1H3,(H,18,19). The van der Waals surface area contributed by atoms with Gasteiger partial charge < -0.3 is 19.5 Å². The van der Waals surface area contributed by atoms with Gasteiger partial charge in [0.1, 0.15) is 12.4 Å². The minimum absolute atomic E-state index is 0.108. The van der Waals surface area contributed by atoms with Crippen LogP contribution in [0.15, 0.2) is 36.4 Å². The summed E-state index contributed by atoms with van der Waals surface area (Å²) in [5.74, 6) is 1.80. The van der Waals surface area contributed by atoms with Gasteiger partial charge in [0, 0.05) is 12.6 Å². The molecule has 1 aliphatic rings. The summed E-state index contributed by atoms with van der Waals surface area (Å²) in [6.07, 6.45) is 0. The van der Waals surface area contributed by atoms with Crippen molar-refractivity contribution in [2.45, 2.75) is 13.5 Å². The molecule has 1 heterocycles. The number of nitrogens with one attached hydrogen (secondary N) is 1. The largest absolute Gasteiger partial charge is 0.489 e. The minimum Gasteiger partial charge on any atom is -0.489 e. The summed E-state index contributed by atoms with van der Waals surface area (Å²) in [4.78, 5) is 11.0. The van der Waals surface area contributed by atoms with E-state index in [1.54, 1.807) is 30.3 Å². The molecule has 0 fully saturated rings. The molecule has 22 heavy (non-hydrogen) atoms. The highest BCUT2D eigenvalue weighted by molar-refractivity contribution is 6.32. The van der Waals surface area contributed by atoms with E-state index in [1.165, 1.54) is 6.92 Å². The van der Waals surface area contributed by atoms with Gasteiger partial charge in [-0.1, -0.05) is 11.6 Å². The molecule has 114 valence electrons. The van der Waals surface area contributed by atoms with E-state index < -0.39 is 0 Å². The first-order valence-corrected chi connectivity index (χ1v) is 7.08. The monoisotopic (exact) mass is 319 g/mol. The average molecular weight is 320 g/mol. The Labute approximate surface area is 132 Å². The van der Waals surface area contributed by atoms with Gasteiger partial charge in [0.25, 0.3) is 0 Å². The third kappa shape index (κ3) is 3.26. The molecule has 0 aliphatic carbocycles. The lowest BCUT2D eigenvalue weighted by molar-refractivity contribution is -0.114. The number of hydrogen-bond acceptors (Lipinski definition) is 4. The van der Waals surface area contributed by atoms with Gasteiger partial charge in [0.2, 0.25) is 12.7 Å². The number of halogens is 1.